The number of ether oxygens (including phenoxy) is 1. The van der Waals surface area contributed by atoms with Crippen molar-refractivity contribution < 1.29 is 18.7 Å². The molecule has 1 N–H and O–H groups in total. The monoisotopic (exact) mass is 524 g/mol. The molecule has 4 rings (SSSR count). The molecule has 2 heterocycles. The fourth-order valence-electron chi connectivity index (χ4n) is 3.72. The van der Waals surface area contributed by atoms with Crippen LogP contribution in [0.4, 0.5) is 9.39 Å². The number of rotatable bonds is 10. The highest BCUT2D eigenvalue weighted by Crippen LogP contribution is 2.36. The van der Waals surface area contributed by atoms with Crippen LogP contribution in [-0.4, -0.2) is 39.5 Å². The van der Waals surface area contributed by atoms with E-state index < -0.39 is 5.97 Å². The molecule has 1 amide bonds. The number of methoxy groups -OCH3 is 1. The van der Waals surface area contributed by atoms with Crippen molar-refractivity contribution >= 4 is 40.0 Å². The first kappa shape index (κ1) is 25.6. The van der Waals surface area contributed by atoms with Crippen LogP contribution in [0.2, 0.25) is 0 Å². The summed E-state index contributed by atoms with van der Waals surface area (Å²) < 4.78 is 20.3. The van der Waals surface area contributed by atoms with Gasteiger partial charge in [-0.15, -0.1) is 21.5 Å². The summed E-state index contributed by atoms with van der Waals surface area (Å²) in [4.78, 5) is 25.3. The van der Waals surface area contributed by atoms with Gasteiger partial charge in [0.15, 0.2) is 5.16 Å². The Balaban J connectivity index is 1.43. The Hall–Kier alpha value is -3.50. The van der Waals surface area contributed by atoms with Crippen LogP contribution < -0.4 is 5.32 Å². The molecule has 36 heavy (non-hydrogen) atoms. The number of thiophene rings is 1. The molecule has 0 bridgehead atoms. The topological polar surface area (TPSA) is 86.1 Å². The highest BCUT2D eigenvalue weighted by molar-refractivity contribution is 7.99. The minimum atomic E-state index is -0.577. The van der Waals surface area contributed by atoms with Crippen molar-refractivity contribution in [1.82, 2.24) is 14.8 Å². The number of hydrogen-bond donors (Lipinski definition) is 1. The number of thioether (sulfide) groups is 1. The van der Waals surface area contributed by atoms with E-state index in [9.17, 15) is 14.0 Å². The lowest BCUT2D eigenvalue weighted by Crippen LogP contribution is -2.16. The Labute approximate surface area is 216 Å². The number of anilines is 1. The molecule has 4 aromatic rings. The van der Waals surface area contributed by atoms with Crippen LogP contribution in [0.25, 0.3) is 11.1 Å². The zero-order valence-corrected chi connectivity index (χ0v) is 21.5. The van der Waals surface area contributed by atoms with Gasteiger partial charge < -0.3 is 14.6 Å². The lowest BCUT2D eigenvalue weighted by atomic mass is 10.0. The second-order valence-electron chi connectivity index (χ2n) is 7.82. The first-order valence-electron chi connectivity index (χ1n) is 11.3. The number of amides is 1. The van der Waals surface area contributed by atoms with E-state index in [1.165, 1.54) is 47.9 Å². The average Bonchev–Trinajstić information content (AvgIpc) is 3.50. The predicted molar refractivity (Wildman–Crippen MR) is 140 cm³/mol. The van der Waals surface area contributed by atoms with E-state index in [4.69, 9.17) is 4.74 Å². The summed E-state index contributed by atoms with van der Waals surface area (Å²) in [6.45, 7) is 2.71. The van der Waals surface area contributed by atoms with Gasteiger partial charge in [0.2, 0.25) is 5.91 Å². The van der Waals surface area contributed by atoms with Crippen molar-refractivity contribution in [2.45, 2.75) is 31.5 Å². The minimum absolute atomic E-state index is 0.0984. The molecule has 2 aromatic carbocycles. The summed E-state index contributed by atoms with van der Waals surface area (Å²) in [6.07, 6.45) is 1.61. The summed E-state index contributed by atoms with van der Waals surface area (Å²) >= 11 is 2.51. The molecule has 0 aliphatic carbocycles. The fraction of sp³-hybridized carbons (Fsp3) is 0.231. The molecular formula is C26H25FN4O3S2. The summed E-state index contributed by atoms with van der Waals surface area (Å²) in [5, 5.41) is 14.2. The van der Waals surface area contributed by atoms with Gasteiger partial charge in [-0.3, -0.25) is 4.79 Å². The molecule has 0 aliphatic heterocycles. The third-order valence-corrected chi connectivity index (χ3v) is 7.37. The van der Waals surface area contributed by atoms with Gasteiger partial charge >= 0.3 is 5.97 Å². The number of aryl methyl sites for hydroxylation is 2. The van der Waals surface area contributed by atoms with E-state index in [0.29, 0.717) is 27.8 Å². The van der Waals surface area contributed by atoms with Gasteiger partial charge in [-0.2, -0.15) is 0 Å². The number of halogens is 1. The van der Waals surface area contributed by atoms with Crippen molar-refractivity contribution in [2.75, 3.05) is 18.2 Å². The van der Waals surface area contributed by atoms with E-state index in [2.05, 4.69) is 27.6 Å². The summed E-state index contributed by atoms with van der Waals surface area (Å²) in [6, 6.07) is 16.0. The van der Waals surface area contributed by atoms with Gasteiger partial charge in [-0.1, -0.05) is 54.2 Å². The smallest absolute Gasteiger partial charge is 0.341 e. The molecular weight excluding hydrogens is 499 g/mol. The standard InChI is InChI=1S/C26H25FN4O3S2/c1-3-31-21(14-9-17-7-5-4-6-8-17)29-30-26(31)36-16-22(32)28-24-23(25(33)34-2)20(15-35-24)18-10-12-19(27)13-11-18/h4-8,10-13,15H,3,9,14,16H2,1-2H3,(H,28,32). The van der Waals surface area contributed by atoms with Crippen LogP contribution in [0.3, 0.4) is 0 Å². The van der Waals surface area contributed by atoms with Crippen molar-refractivity contribution in [3.63, 3.8) is 0 Å². The van der Waals surface area contributed by atoms with Gasteiger partial charge in [-0.05, 0) is 36.6 Å². The number of hydrogen-bond acceptors (Lipinski definition) is 7. The van der Waals surface area contributed by atoms with Crippen LogP contribution in [0.1, 0.15) is 28.7 Å². The molecule has 0 atom stereocenters. The van der Waals surface area contributed by atoms with Crippen molar-refractivity contribution in [3.05, 3.63) is 82.7 Å². The number of carbonyl (C=O) groups excluding carboxylic acids is 2. The Morgan fingerprint density at radius 1 is 1.08 bits per heavy atom. The van der Waals surface area contributed by atoms with Crippen molar-refractivity contribution in [3.8, 4) is 11.1 Å². The first-order valence-corrected chi connectivity index (χ1v) is 13.2. The number of nitrogens with zero attached hydrogens (tertiary/aromatic N) is 3. The Morgan fingerprint density at radius 3 is 2.53 bits per heavy atom. The lowest BCUT2D eigenvalue weighted by molar-refractivity contribution is -0.113. The van der Waals surface area contributed by atoms with E-state index in [0.717, 1.165) is 18.7 Å². The van der Waals surface area contributed by atoms with Crippen molar-refractivity contribution in [2.24, 2.45) is 0 Å². The van der Waals surface area contributed by atoms with E-state index in [-0.39, 0.29) is 23.0 Å². The molecule has 0 unspecified atom stereocenters. The lowest BCUT2D eigenvalue weighted by Gasteiger charge is -2.09. The normalized spacial score (nSPS) is 10.9. The number of nitrogens with one attached hydrogen (secondary N) is 1. The molecule has 0 spiro atoms. The van der Waals surface area contributed by atoms with Gasteiger partial charge in [0, 0.05) is 23.9 Å². The van der Waals surface area contributed by atoms with Gasteiger partial charge in [0.1, 0.15) is 22.2 Å². The molecule has 2 aromatic heterocycles. The second kappa shape index (κ2) is 12.0. The van der Waals surface area contributed by atoms with Gasteiger partial charge in [0.05, 0.1) is 12.9 Å². The molecule has 0 aliphatic rings. The molecule has 0 saturated carbocycles. The molecule has 186 valence electrons. The molecule has 10 heteroatoms. The molecule has 7 nitrogen and oxygen atoms in total. The Bertz CT molecular complexity index is 1340. The van der Waals surface area contributed by atoms with Crippen LogP contribution in [0, 0.1) is 5.82 Å². The van der Waals surface area contributed by atoms with E-state index >= 15 is 0 Å². The zero-order valence-electron chi connectivity index (χ0n) is 19.9. The first-order chi connectivity index (χ1) is 17.5. The fourth-order valence-corrected chi connectivity index (χ4v) is 5.51. The molecule has 0 fully saturated rings. The van der Waals surface area contributed by atoms with E-state index in [1.54, 1.807) is 17.5 Å². The summed E-state index contributed by atoms with van der Waals surface area (Å²) in [5.74, 6) is -0.260. The molecule has 0 saturated heterocycles. The second-order valence-corrected chi connectivity index (χ2v) is 9.64. The molecule has 0 radical (unpaired) electrons. The number of aromatic nitrogens is 3. The highest BCUT2D eigenvalue weighted by Gasteiger charge is 2.23. The van der Waals surface area contributed by atoms with Gasteiger partial charge in [-0.25, -0.2) is 9.18 Å². The van der Waals surface area contributed by atoms with Crippen molar-refractivity contribution in [1.29, 1.82) is 0 Å². The minimum Gasteiger partial charge on any atom is -0.465 e. The quantitative estimate of drug-likeness (QED) is 0.219. The Morgan fingerprint density at radius 2 is 1.83 bits per heavy atom. The van der Waals surface area contributed by atoms with Crippen LogP contribution >= 0.6 is 23.1 Å². The van der Waals surface area contributed by atoms with Gasteiger partial charge in [0.25, 0.3) is 0 Å². The average molecular weight is 525 g/mol. The van der Waals surface area contributed by atoms with Crippen LogP contribution in [0.15, 0.2) is 65.1 Å². The Kier molecular flexibility index (Phi) is 8.50. The van der Waals surface area contributed by atoms with Crippen LogP contribution in [0.5, 0.6) is 0 Å². The maximum absolute atomic E-state index is 13.3. The largest absolute Gasteiger partial charge is 0.465 e. The predicted octanol–water partition coefficient (Wildman–Crippen LogP) is 5.47. The number of esters is 1. The maximum Gasteiger partial charge on any atom is 0.341 e. The third kappa shape index (κ3) is 6.00. The number of carbonyl (C=O) groups is 2. The zero-order chi connectivity index (χ0) is 25.5. The third-order valence-electron chi connectivity index (χ3n) is 5.51. The maximum atomic E-state index is 13.3. The SMILES string of the molecule is CCn1c(CCc2ccccc2)nnc1SCC(=O)Nc1scc(-c2ccc(F)cc2)c1C(=O)OC. The summed E-state index contributed by atoms with van der Waals surface area (Å²) in [7, 11) is 1.28. The number of benzene rings is 2. The summed E-state index contributed by atoms with van der Waals surface area (Å²) in [5.41, 5.74) is 2.70. The van der Waals surface area contributed by atoms with Crippen LogP contribution in [-0.2, 0) is 28.9 Å². The highest BCUT2D eigenvalue weighted by atomic mass is 32.2. The van der Waals surface area contributed by atoms with E-state index in [1.807, 2.05) is 29.7 Å².